The second-order valence-corrected chi connectivity index (χ2v) is 6.43. The van der Waals surface area contributed by atoms with E-state index in [1.807, 2.05) is 6.07 Å². The summed E-state index contributed by atoms with van der Waals surface area (Å²) in [5, 5.41) is 3.47. The highest BCUT2D eigenvalue weighted by atomic mass is 19.1. The molecule has 21 heavy (non-hydrogen) atoms. The molecule has 0 amide bonds. The third kappa shape index (κ3) is 2.16. The molecule has 0 saturated carbocycles. The fourth-order valence-corrected chi connectivity index (χ4v) is 3.60. The number of nitrogens with zero attached hydrogens (tertiary/aromatic N) is 2. The maximum Gasteiger partial charge on any atom is 0.151 e. The zero-order valence-corrected chi connectivity index (χ0v) is 13.1. The minimum absolute atomic E-state index is 0.0145. The minimum atomic E-state index is -0.214. The van der Waals surface area contributed by atoms with Gasteiger partial charge in [0.1, 0.15) is 11.3 Å². The van der Waals surface area contributed by atoms with E-state index in [1.54, 1.807) is 6.07 Å². The van der Waals surface area contributed by atoms with Gasteiger partial charge in [0.15, 0.2) is 5.82 Å². The normalized spacial score (nSPS) is 22.5. The molecule has 0 bridgehead atoms. The number of nitrogens with one attached hydrogen (secondary N) is 1. The SMILES string of the molecule is CCCn1c(C2(C(C)C)CCNC2)nc2c(F)cccc21. The van der Waals surface area contributed by atoms with Crippen molar-refractivity contribution in [1.29, 1.82) is 0 Å². The lowest BCUT2D eigenvalue weighted by atomic mass is 9.75. The minimum Gasteiger partial charge on any atom is -0.327 e. The first kappa shape index (κ1) is 14.5. The molecular formula is C17H24FN3. The molecule has 1 N–H and O–H groups in total. The largest absolute Gasteiger partial charge is 0.327 e. The number of benzene rings is 1. The maximum atomic E-state index is 14.1. The molecule has 114 valence electrons. The lowest BCUT2D eigenvalue weighted by molar-refractivity contribution is 0.306. The topological polar surface area (TPSA) is 29.9 Å². The maximum absolute atomic E-state index is 14.1. The Balaban J connectivity index is 2.25. The number of rotatable bonds is 4. The molecule has 0 radical (unpaired) electrons. The van der Waals surface area contributed by atoms with Crippen LogP contribution in [0.25, 0.3) is 11.0 Å². The molecule has 1 aromatic carbocycles. The molecule has 1 aliphatic rings. The molecular weight excluding hydrogens is 265 g/mol. The molecule has 0 aliphatic carbocycles. The quantitative estimate of drug-likeness (QED) is 0.934. The van der Waals surface area contributed by atoms with Crippen LogP contribution in [0.15, 0.2) is 18.2 Å². The van der Waals surface area contributed by atoms with Crippen LogP contribution in [0.4, 0.5) is 4.39 Å². The lowest BCUT2D eigenvalue weighted by Gasteiger charge is -2.32. The van der Waals surface area contributed by atoms with Crippen molar-refractivity contribution >= 4 is 11.0 Å². The van der Waals surface area contributed by atoms with Crippen molar-refractivity contribution in [3.8, 4) is 0 Å². The summed E-state index contributed by atoms with van der Waals surface area (Å²) in [7, 11) is 0. The highest BCUT2D eigenvalue weighted by molar-refractivity contribution is 5.77. The Morgan fingerprint density at radius 3 is 2.86 bits per heavy atom. The number of fused-ring (bicyclic) bond motifs is 1. The van der Waals surface area contributed by atoms with Gasteiger partial charge in [0.05, 0.1) is 5.52 Å². The highest BCUT2D eigenvalue weighted by Crippen LogP contribution is 2.39. The van der Waals surface area contributed by atoms with Crippen LogP contribution in [0.2, 0.25) is 0 Å². The average Bonchev–Trinajstić information content (AvgIpc) is 3.06. The van der Waals surface area contributed by atoms with Crippen molar-refractivity contribution in [1.82, 2.24) is 14.9 Å². The molecule has 1 atom stereocenters. The molecule has 1 aromatic heterocycles. The molecule has 1 unspecified atom stereocenters. The summed E-state index contributed by atoms with van der Waals surface area (Å²) in [6, 6.07) is 5.27. The predicted molar refractivity (Wildman–Crippen MR) is 84.0 cm³/mol. The molecule has 4 heteroatoms. The van der Waals surface area contributed by atoms with E-state index in [-0.39, 0.29) is 11.2 Å². The molecule has 1 fully saturated rings. The van der Waals surface area contributed by atoms with Gasteiger partial charge in [0.2, 0.25) is 0 Å². The summed E-state index contributed by atoms with van der Waals surface area (Å²) < 4.78 is 16.4. The van der Waals surface area contributed by atoms with E-state index in [1.165, 1.54) is 6.07 Å². The van der Waals surface area contributed by atoms with E-state index in [0.717, 1.165) is 43.8 Å². The number of imidazole rings is 1. The van der Waals surface area contributed by atoms with Gasteiger partial charge >= 0.3 is 0 Å². The second kappa shape index (κ2) is 5.41. The van der Waals surface area contributed by atoms with Gasteiger partial charge in [-0.25, -0.2) is 9.37 Å². The number of aromatic nitrogens is 2. The first-order chi connectivity index (χ1) is 10.1. The fraction of sp³-hybridized carbons (Fsp3) is 0.588. The first-order valence-corrected chi connectivity index (χ1v) is 7.96. The summed E-state index contributed by atoms with van der Waals surface area (Å²) in [5.74, 6) is 1.32. The molecule has 2 heterocycles. The number of aryl methyl sites for hydroxylation is 1. The van der Waals surface area contributed by atoms with Gasteiger partial charge in [-0.2, -0.15) is 0 Å². The molecule has 3 rings (SSSR count). The Morgan fingerprint density at radius 1 is 1.43 bits per heavy atom. The van der Waals surface area contributed by atoms with E-state index >= 15 is 0 Å². The average molecular weight is 289 g/mol. The molecule has 1 saturated heterocycles. The van der Waals surface area contributed by atoms with Crippen molar-refractivity contribution in [3.05, 3.63) is 29.8 Å². The molecule has 0 spiro atoms. The van der Waals surface area contributed by atoms with Gasteiger partial charge in [-0.3, -0.25) is 0 Å². The van der Waals surface area contributed by atoms with Gasteiger partial charge in [-0.05, 0) is 37.4 Å². The van der Waals surface area contributed by atoms with Crippen LogP contribution in [0.1, 0.15) is 39.4 Å². The van der Waals surface area contributed by atoms with Crippen LogP contribution in [0.3, 0.4) is 0 Å². The van der Waals surface area contributed by atoms with Gasteiger partial charge in [0.25, 0.3) is 0 Å². The van der Waals surface area contributed by atoms with Crippen molar-refractivity contribution in [2.75, 3.05) is 13.1 Å². The Kier molecular flexibility index (Phi) is 3.74. The molecule has 3 nitrogen and oxygen atoms in total. The van der Waals surface area contributed by atoms with Crippen LogP contribution in [0, 0.1) is 11.7 Å². The lowest BCUT2D eigenvalue weighted by Crippen LogP contribution is -2.37. The summed E-state index contributed by atoms with van der Waals surface area (Å²) in [6.07, 6.45) is 2.09. The Labute approximate surface area is 125 Å². The Bertz CT molecular complexity index is 639. The number of para-hydroxylation sites is 1. The summed E-state index contributed by atoms with van der Waals surface area (Å²) in [4.78, 5) is 4.75. The fourth-order valence-electron chi connectivity index (χ4n) is 3.60. The Hall–Kier alpha value is -1.42. The number of hydrogen-bond donors (Lipinski definition) is 1. The van der Waals surface area contributed by atoms with Crippen LogP contribution in [0.5, 0.6) is 0 Å². The van der Waals surface area contributed by atoms with Gasteiger partial charge in [-0.1, -0.05) is 26.8 Å². The van der Waals surface area contributed by atoms with Crippen molar-refractivity contribution < 1.29 is 4.39 Å². The van der Waals surface area contributed by atoms with E-state index < -0.39 is 0 Å². The van der Waals surface area contributed by atoms with E-state index in [9.17, 15) is 4.39 Å². The standard InChI is InChI=1S/C17H24FN3/c1-4-10-21-14-7-5-6-13(18)15(14)20-16(21)17(12(2)3)8-9-19-11-17/h5-7,12,19H,4,8-11H2,1-3H3. The smallest absolute Gasteiger partial charge is 0.151 e. The van der Waals surface area contributed by atoms with Crippen LogP contribution < -0.4 is 5.32 Å². The van der Waals surface area contributed by atoms with Crippen molar-refractivity contribution in [2.24, 2.45) is 5.92 Å². The highest BCUT2D eigenvalue weighted by Gasteiger charge is 2.42. The van der Waals surface area contributed by atoms with Gasteiger partial charge < -0.3 is 9.88 Å². The molecule has 2 aromatic rings. The zero-order valence-electron chi connectivity index (χ0n) is 13.1. The Morgan fingerprint density at radius 2 is 2.24 bits per heavy atom. The zero-order chi connectivity index (χ0) is 15.0. The van der Waals surface area contributed by atoms with Crippen molar-refractivity contribution in [3.63, 3.8) is 0 Å². The van der Waals surface area contributed by atoms with Gasteiger partial charge in [0, 0.05) is 18.5 Å². The monoisotopic (exact) mass is 289 g/mol. The van der Waals surface area contributed by atoms with Crippen LogP contribution >= 0.6 is 0 Å². The first-order valence-electron chi connectivity index (χ1n) is 7.96. The van der Waals surface area contributed by atoms with Crippen molar-refractivity contribution in [2.45, 2.75) is 45.6 Å². The summed E-state index contributed by atoms with van der Waals surface area (Å²) in [6.45, 7) is 9.49. The summed E-state index contributed by atoms with van der Waals surface area (Å²) >= 11 is 0. The van der Waals surface area contributed by atoms with Crippen LogP contribution in [-0.2, 0) is 12.0 Å². The van der Waals surface area contributed by atoms with E-state index in [4.69, 9.17) is 4.98 Å². The van der Waals surface area contributed by atoms with E-state index in [0.29, 0.717) is 11.4 Å². The number of halogens is 1. The predicted octanol–water partition coefficient (Wildman–Crippen LogP) is 3.47. The van der Waals surface area contributed by atoms with Crippen LogP contribution in [-0.4, -0.2) is 22.6 Å². The van der Waals surface area contributed by atoms with Gasteiger partial charge in [-0.15, -0.1) is 0 Å². The second-order valence-electron chi connectivity index (χ2n) is 6.43. The number of hydrogen-bond acceptors (Lipinski definition) is 2. The third-order valence-corrected chi connectivity index (χ3v) is 4.92. The van der Waals surface area contributed by atoms with E-state index in [2.05, 4.69) is 30.7 Å². The third-order valence-electron chi connectivity index (χ3n) is 4.92. The summed E-state index contributed by atoms with van der Waals surface area (Å²) in [5.41, 5.74) is 1.47. The molecule has 1 aliphatic heterocycles.